The first-order chi connectivity index (χ1) is 10.5. The number of carbonyl (C=O) groups is 1. The van der Waals surface area contributed by atoms with E-state index in [4.69, 9.17) is 10.5 Å². The van der Waals surface area contributed by atoms with Crippen LogP contribution in [0.25, 0.3) is 11.3 Å². The fourth-order valence-corrected chi connectivity index (χ4v) is 2.47. The fourth-order valence-electron chi connectivity index (χ4n) is 2.47. The van der Waals surface area contributed by atoms with Gasteiger partial charge in [0.25, 0.3) is 0 Å². The number of nitrogens with zero attached hydrogens (tertiary/aromatic N) is 2. The third kappa shape index (κ3) is 3.61. The van der Waals surface area contributed by atoms with Crippen molar-refractivity contribution in [3.63, 3.8) is 0 Å². The second-order valence-electron chi connectivity index (χ2n) is 5.64. The molecule has 22 heavy (non-hydrogen) atoms. The molecule has 0 aliphatic heterocycles. The predicted octanol–water partition coefficient (Wildman–Crippen LogP) is 2.77. The van der Waals surface area contributed by atoms with Crippen molar-refractivity contribution in [1.29, 1.82) is 0 Å². The lowest BCUT2D eigenvalue weighted by Gasteiger charge is -2.18. The van der Waals surface area contributed by atoms with Crippen molar-refractivity contribution in [2.24, 2.45) is 11.7 Å². The molecule has 0 aliphatic carbocycles. The third-order valence-corrected chi connectivity index (χ3v) is 3.54. The van der Waals surface area contributed by atoms with Crippen molar-refractivity contribution in [2.45, 2.75) is 26.2 Å². The number of methoxy groups -OCH3 is 1. The zero-order valence-electron chi connectivity index (χ0n) is 13.1. The van der Waals surface area contributed by atoms with Crippen LogP contribution in [0, 0.1) is 5.92 Å². The zero-order chi connectivity index (χ0) is 16.1. The summed E-state index contributed by atoms with van der Waals surface area (Å²) in [5, 5.41) is 0. The standard InChI is InChI=1S/C17H21N3O2/c1-11(2)8-14(17(18)21)12-4-5-13(16(9-12)22-3)15-6-7-19-10-20-15/h4-7,9-11,14H,8H2,1-3H3,(H2,18,21). The van der Waals surface area contributed by atoms with Crippen LogP contribution in [0.15, 0.2) is 36.8 Å². The number of hydrogen-bond acceptors (Lipinski definition) is 4. The van der Waals surface area contributed by atoms with Crippen LogP contribution in [0.4, 0.5) is 0 Å². The maximum Gasteiger partial charge on any atom is 0.224 e. The molecule has 2 aromatic rings. The molecule has 1 heterocycles. The molecule has 1 aromatic carbocycles. The first kappa shape index (κ1) is 15.9. The molecule has 1 atom stereocenters. The minimum atomic E-state index is -0.314. The molecule has 0 fully saturated rings. The zero-order valence-corrected chi connectivity index (χ0v) is 13.1. The Labute approximate surface area is 130 Å². The highest BCUT2D eigenvalue weighted by molar-refractivity contribution is 5.82. The first-order valence-corrected chi connectivity index (χ1v) is 7.26. The fraction of sp³-hybridized carbons (Fsp3) is 0.353. The number of nitrogens with two attached hydrogens (primary N) is 1. The van der Waals surface area contributed by atoms with Gasteiger partial charge in [0.2, 0.25) is 5.91 Å². The van der Waals surface area contributed by atoms with Gasteiger partial charge in [-0.15, -0.1) is 0 Å². The molecular formula is C17H21N3O2. The largest absolute Gasteiger partial charge is 0.496 e. The minimum Gasteiger partial charge on any atom is -0.496 e. The van der Waals surface area contributed by atoms with Crippen molar-refractivity contribution >= 4 is 5.91 Å². The van der Waals surface area contributed by atoms with Crippen LogP contribution in [0.5, 0.6) is 5.75 Å². The van der Waals surface area contributed by atoms with E-state index >= 15 is 0 Å². The topological polar surface area (TPSA) is 78.1 Å². The second-order valence-corrected chi connectivity index (χ2v) is 5.64. The molecule has 0 radical (unpaired) electrons. The summed E-state index contributed by atoms with van der Waals surface area (Å²) in [6.45, 7) is 4.14. The number of primary amides is 1. The van der Waals surface area contributed by atoms with E-state index in [1.165, 1.54) is 6.33 Å². The molecule has 5 heteroatoms. The van der Waals surface area contributed by atoms with Crippen LogP contribution in [0.1, 0.15) is 31.7 Å². The van der Waals surface area contributed by atoms with Gasteiger partial charge in [0.1, 0.15) is 12.1 Å². The van der Waals surface area contributed by atoms with E-state index in [2.05, 4.69) is 23.8 Å². The highest BCUT2D eigenvalue weighted by Gasteiger charge is 2.21. The summed E-state index contributed by atoms with van der Waals surface area (Å²) < 4.78 is 5.46. The molecular weight excluding hydrogens is 278 g/mol. The summed E-state index contributed by atoms with van der Waals surface area (Å²) in [5.74, 6) is 0.426. The number of carbonyl (C=O) groups excluding carboxylic acids is 1. The van der Waals surface area contributed by atoms with Crippen molar-refractivity contribution in [3.8, 4) is 17.0 Å². The molecule has 0 spiro atoms. The molecule has 116 valence electrons. The minimum absolute atomic E-state index is 0.312. The lowest BCUT2D eigenvalue weighted by Crippen LogP contribution is -2.22. The normalized spacial score (nSPS) is 12.2. The van der Waals surface area contributed by atoms with E-state index in [1.54, 1.807) is 13.3 Å². The average Bonchev–Trinajstić information content (AvgIpc) is 2.52. The summed E-state index contributed by atoms with van der Waals surface area (Å²) >= 11 is 0. The number of rotatable bonds is 6. The van der Waals surface area contributed by atoms with Gasteiger partial charge in [-0.1, -0.05) is 19.9 Å². The molecule has 0 bridgehead atoms. The van der Waals surface area contributed by atoms with Crippen LogP contribution in [0.2, 0.25) is 0 Å². The summed E-state index contributed by atoms with van der Waals surface area (Å²) in [4.78, 5) is 19.9. The van der Waals surface area contributed by atoms with E-state index < -0.39 is 0 Å². The Balaban J connectivity index is 2.42. The number of hydrogen-bond donors (Lipinski definition) is 1. The Bertz CT molecular complexity index is 642. The van der Waals surface area contributed by atoms with Crippen molar-refractivity contribution in [1.82, 2.24) is 9.97 Å². The Morgan fingerprint density at radius 2 is 2.09 bits per heavy atom. The monoisotopic (exact) mass is 299 g/mol. The van der Waals surface area contributed by atoms with Crippen molar-refractivity contribution in [2.75, 3.05) is 7.11 Å². The van der Waals surface area contributed by atoms with Crippen LogP contribution >= 0.6 is 0 Å². The molecule has 5 nitrogen and oxygen atoms in total. The summed E-state index contributed by atoms with van der Waals surface area (Å²) in [6.07, 6.45) is 3.89. The average molecular weight is 299 g/mol. The molecule has 1 amide bonds. The SMILES string of the molecule is COc1cc(C(CC(C)C)C(N)=O)ccc1-c1ccncn1. The van der Waals surface area contributed by atoms with Crippen molar-refractivity contribution in [3.05, 3.63) is 42.4 Å². The van der Waals surface area contributed by atoms with Gasteiger partial charge in [-0.05, 0) is 36.1 Å². The predicted molar refractivity (Wildman–Crippen MR) is 85.4 cm³/mol. The van der Waals surface area contributed by atoms with E-state index in [-0.39, 0.29) is 11.8 Å². The van der Waals surface area contributed by atoms with Gasteiger partial charge >= 0.3 is 0 Å². The van der Waals surface area contributed by atoms with Crippen molar-refractivity contribution < 1.29 is 9.53 Å². The summed E-state index contributed by atoms with van der Waals surface area (Å²) in [7, 11) is 1.60. The molecule has 0 aliphatic rings. The summed E-state index contributed by atoms with van der Waals surface area (Å²) in [6, 6.07) is 7.51. The molecule has 0 saturated heterocycles. The van der Waals surface area contributed by atoms with E-state index in [0.717, 1.165) is 16.8 Å². The highest BCUT2D eigenvalue weighted by atomic mass is 16.5. The maximum atomic E-state index is 11.8. The van der Waals surface area contributed by atoms with E-state index in [0.29, 0.717) is 18.1 Å². The van der Waals surface area contributed by atoms with Gasteiger partial charge in [-0.2, -0.15) is 0 Å². The number of ether oxygens (including phenoxy) is 1. The second kappa shape index (κ2) is 7.02. The number of amides is 1. The van der Waals surface area contributed by atoms with Gasteiger partial charge in [-0.3, -0.25) is 4.79 Å². The lowest BCUT2D eigenvalue weighted by molar-refractivity contribution is -0.119. The molecule has 1 aromatic heterocycles. The van der Waals surface area contributed by atoms with Crippen LogP contribution in [-0.4, -0.2) is 23.0 Å². The Morgan fingerprint density at radius 1 is 1.32 bits per heavy atom. The number of aromatic nitrogens is 2. The van der Waals surface area contributed by atoms with Crippen LogP contribution < -0.4 is 10.5 Å². The molecule has 1 unspecified atom stereocenters. The number of benzene rings is 1. The van der Waals surface area contributed by atoms with Crippen LogP contribution in [-0.2, 0) is 4.79 Å². The van der Waals surface area contributed by atoms with Gasteiger partial charge in [-0.25, -0.2) is 9.97 Å². The van der Waals surface area contributed by atoms with Gasteiger partial charge in [0, 0.05) is 11.8 Å². The Kier molecular flexibility index (Phi) is 5.09. The summed E-state index contributed by atoms with van der Waals surface area (Å²) in [5.41, 5.74) is 8.07. The first-order valence-electron chi connectivity index (χ1n) is 7.26. The van der Waals surface area contributed by atoms with Gasteiger partial charge in [0.05, 0.1) is 18.7 Å². The molecule has 0 saturated carbocycles. The quantitative estimate of drug-likeness (QED) is 0.889. The lowest BCUT2D eigenvalue weighted by atomic mass is 9.89. The Morgan fingerprint density at radius 3 is 2.64 bits per heavy atom. The maximum absolute atomic E-state index is 11.8. The van der Waals surface area contributed by atoms with E-state index in [9.17, 15) is 4.79 Å². The smallest absolute Gasteiger partial charge is 0.224 e. The molecule has 2 rings (SSSR count). The van der Waals surface area contributed by atoms with E-state index in [1.807, 2.05) is 24.3 Å². The highest BCUT2D eigenvalue weighted by Crippen LogP contribution is 2.33. The molecule has 2 N–H and O–H groups in total. The van der Waals surface area contributed by atoms with Gasteiger partial charge in [0.15, 0.2) is 0 Å². The van der Waals surface area contributed by atoms with Gasteiger partial charge < -0.3 is 10.5 Å². The third-order valence-electron chi connectivity index (χ3n) is 3.54. The van der Waals surface area contributed by atoms with Crippen LogP contribution in [0.3, 0.4) is 0 Å². The Hall–Kier alpha value is -2.43.